The van der Waals surface area contributed by atoms with Crippen LogP contribution in [0.4, 0.5) is 5.69 Å². The molecule has 2 aromatic carbocycles. The predicted octanol–water partition coefficient (Wildman–Crippen LogP) is 3.19. The predicted molar refractivity (Wildman–Crippen MR) is 84.5 cm³/mol. The zero-order valence-electron chi connectivity index (χ0n) is 12.1. The third kappa shape index (κ3) is 4.33. The fraction of sp³-hybridized carbons (Fsp3) is 0.235. The minimum Gasteiger partial charge on any atom is -0.494 e. The number of carbonyl (C=O) groups is 1. The van der Waals surface area contributed by atoms with Crippen LogP contribution in [0.3, 0.4) is 0 Å². The lowest BCUT2D eigenvalue weighted by atomic mass is 10.1. The van der Waals surface area contributed by atoms with Gasteiger partial charge in [0.2, 0.25) is 0 Å². The highest BCUT2D eigenvalue weighted by Crippen LogP contribution is 2.17. The van der Waals surface area contributed by atoms with Crippen LogP contribution in [0, 0.1) is 0 Å². The summed E-state index contributed by atoms with van der Waals surface area (Å²) < 4.78 is 5.50. The molecule has 4 nitrogen and oxygen atoms in total. The van der Waals surface area contributed by atoms with Gasteiger partial charge in [0, 0.05) is 17.8 Å². The van der Waals surface area contributed by atoms with E-state index in [9.17, 15) is 4.79 Å². The van der Waals surface area contributed by atoms with E-state index in [0.717, 1.165) is 23.4 Å². The normalized spacial score (nSPS) is 10.2. The molecular formula is C17H20N2O2. The first-order valence-electron chi connectivity index (χ1n) is 7.06. The summed E-state index contributed by atoms with van der Waals surface area (Å²) in [5.41, 5.74) is 7.86. The van der Waals surface area contributed by atoms with Crippen molar-refractivity contribution in [3.63, 3.8) is 0 Å². The number of nitrogens with one attached hydrogen (secondary N) is 1. The van der Waals surface area contributed by atoms with Crippen molar-refractivity contribution >= 4 is 11.6 Å². The van der Waals surface area contributed by atoms with E-state index in [1.54, 1.807) is 12.1 Å². The lowest BCUT2D eigenvalue weighted by Crippen LogP contribution is -2.12. The highest BCUT2D eigenvalue weighted by Gasteiger charge is 2.06. The van der Waals surface area contributed by atoms with Gasteiger partial charge in [0.15, 0.2) is 0 Å². The summed E-state index contributed by atoms with van der Waals surface area (Å²) in [6.45, 7) is 3.17. The van der Waals surface area contributed by atoms with Crippen molar-refractivity contribution in [2.24, 2.45) is 5.73 Å². The third-order valence-electron chi connectivity index (χ3n) is 3.01. The van der Waals surface area contributed by atoms with Gasteiger partial charge in [-0.3, -0.25) is 4.79 Å². The summed E-state index contributed by atoms with van der Waals surface area (Å²) >= 11 is 0. The van der Waals surface area contributed by atoms with Crippen molar-refractivity contribution in [3.05, 3.63) is 59.7 Å². The van der Waals surface area contributed by atoms with Gasteiger partial charge in [0.25, 0.3) is 5.91 Å². The number of nitrogens with two attached hydrogens (primary N) is 1. The Morgan fingerprint density at radius 1 is 1.19 bits per heavy atom. The minimum atomic E-state index is -0.146. The van der Waals surface area contributed by atoms with Crippen LogP contribution < -0.4 is 15.8 Å². The molecule has 2 rings (SSSR count). The highest BCUT2D eigenvalue weighted by molar-refractivity contribution is 6.04. The Kier molecular flexibility index (Phi) is 5.35. The van der Waals surface area contributed by atoms with Crippen molar-refractivity contribution in [2.75, 3.05) is 11.9 Å². The molecule has 21 heavy (non-hydrogen) atoms. The molecule has 0 aliphatic rings. The molecule has 0 aromatic heterocycles. The molecule has 0 fully saturated rings. The van der Waals surface area contributed by atoms with Gasteiger partial charge < -0.3 is 15.8 Å². The van der Waals surface area contributed by atoms with E-state index < -0.39 is 0 Å². The first-order chi connectivity index (χ1) is 10.2. The lowest BCUT2D eigenvalue weighted by Gasteiger charge is -2.08. The number of carbonyl (C=O) groups excluding carboxylic acids is 1. The third-order valence-corrected chi connectivity index (χ3v) is 3.01. The van der Waals surface area contributed by atoms with Crippen molar-refractivity contribution in [1.82, 2.24) is 0 Å². The van der Waals surface area contributed by atoms with E-state index >= 15 is 0 Å². The van der Waals surface area contributed by atoms with E-state index in [2.05, 4.69) is 12.2 Å². The zero-order valence-corrected chi connectivity index (χ0v) is 12.1. The van der Waals surface area contributed by atoms with Crippen molar-refractivity contribution in [1.29, 1.82) is 0 Å². The molecule has 0 heterocycles. The first kappa shape index (κ1) is 15.1. The Hall–Kier alpha value is -2.33. The number of ether oxygens (including phenoxy) is 1. The Balaban J connectivity index is 2.01. The quantitative estimate of drug-likeness (QED) is 0.856. The van der Waals surface area contributed by atoms with Gasteiger partial charge >= 0.3 is 0 Å². The number of amides is 1. The van der Waals surface area contributed by atoms with E-state index in [1.807, 2.05) is 36.4 Å². The molecule has 0 bridgehead atoms. The first-order valence-corrected chi connectivity index (χ1v) is 7.06. The van der Waals surface area contributed by atoms with E-state index in [4.69, 9.17) is 10.5 Å². The molecule has 0 unspecified atom stereocenters. The van der Waals surface area contributed by atoms with E-state index in [1.165, 1.54) is 0 Å². The number of rotatable bonds is 6. The molecule has 110 valence electrons. The maximum absolute atomic E-state index is 12.2. The molecule has 0 aliphatic heterocycles. The summed E-state index contributed by atoms with van der Waals surface area (Å²) in [5, 5.41) is 2.86. The average molecular weight is 284 g/mol. The molecule has 0 atom stereocenters. The lowest BCUT2D eigenvalue weighted by molar-refractivity contribution is 0.102. The highest BCUT2D eigenvalue weighted by atomic mass is 16.5. The fourth-order valence-corrected chi connectivity index (χ4v) is 1.90. The second-order valence-corrected chi connectivity index (χ2v) is 4.73. The smallest absolute Gasteiger partial charge is 0.255 e. The Morgan fingerprint density at radius 3 is 2.62 bits per heavy atom. The van der Waals surface area contributed by atoms with Crippen LogP contribution in [0.5, 0.6) is 5.75 Å². The SMILES string of the molecule is CCCOc1ccc(NC(=O)c2cccc(CN)c2)cc1. The van der Waals surface area contributed by atoms with Gasteiger partial charge in [-0.15, -0.1) is 0 Å². The second kappa shape index (κ2) is 7.45. The van der Waals surface area contributed by atoms with Crippen molar-refractivity contribution in [2.45, 2.75) is 19.9 Å². The van der Waals surface area contributed by atoms with Gasteiger partial charge in [0.05, 0.1) is 6.61 Å². The number of benzene rings is 2. The molecule has 0 saturated heterocycles. The molecule has 0 radical (unpaired) electrons. The average Bonchev–Trinajstić information content (AvgIpc) is 2.54. The summed E-state index contributed by atoms with van der Waals surface area (Å²) in [4.78, 5) is 12.2. The monoisotopic (exact) mass is 284 g/mol. The molecule has 0 spiro atoms. The number of anilines is 1. The second-order valence-electron chi connectivity index (χ2n) is 4.73. The van der Waals surface area contributed by atoms with Crippen LogP contribution in [-0.4, -0.2) is 12.5 Å². The molecule has 1 amide bonds. The minimum absolute atomic E-state index is 0.146. The topological polar surface area (TPSA) is 64.3 Å². The van der Waals surface area contributed by atoms with E-state index in [0.29, 0.717) is 18.7 Å². The molecule has 4 heteroatoms. The van der Waals surface area contributed by atoms with Gasteiger partial charge in [-0.2, -0.15) is 0 Å². The van der Waals surface area contributed by atoms with Crippen LogP contribution in [-0.2, 0) is 6.54 Å². The molecule has 2 aromatic rings. The van der Waals surface area contributed by atoms with Gasteiger partial charge in [-0.1, -0.05) is 19.1 Å². The molecule has 3 N–H and O–H groups in total. The summed E-state index contributed by atoms with van der Waals surface area (Å²) in [5.74, 6) is 0.660. The molecular weight excluding hydrogens is 264 g/mol. The Bertz CT molecular complexity index is 594. The molecule has 0 saturated carbocycles. The summed E-state index contributed by atoms with van der Waals surface area (Å²) in [7, 11) is 0. The van der Waals surface area contributed by atoms with Gasteiger partial charge in [-0.25, -0.2) is 0 Å². The van der Waals surface area contributed by atoms with E-state index in [-0.39, 0.29) is 5.91 Å². The number of hydrogen-bond acceptors (Lipinski definition) is 3. The maximum atomic E-state index is 12.2. The fourth-order valence-electron chi connectivity index (χ4n) is 1.90. The van der Waals surface area contributed by atoms with Crippen LogP contribution in [0.2, 0.25) is 0 Å². The summed E-state index contributed by atoms with van der Waals surface area (Å²) in [6.07, 6.45) is 0.968. The largest absolute Gasteiger partial charge is 0.494 e. The van der Waals surface area contributed by atoms with Gasteiger partial charge in [0.1, 0.15) is 5.75 Å². The number of hydrogen-bond donors (Lipinski definition) is 2. The standard InChI is InChI=1S/C17H20N2O2/c1-2-10-21-16-8-6-15(7-9-16)19-17(20)14-5-3-4-13(11-14)12-18/h3-9,11H,2,10,12,18H2,1H3,(H,19,20). The summed E-state index contributed by atoms with van der Waals surface area (Å²) in [6, 6.07) is 14.7. The van der Waals surface area contributed by atoms with Crippen molar-refractivity contribution in [3.8, 4) is 5.75 Å². The van der Waals surface area contributed by atoms with Crippen LogP contribution in [0.25, 0.3) is 0 Å². The Labute approximate surface area is 124 Å². The van der Waals surface area contributed by atoms with Crippen LogP contribution in [0.15, 0.2) is 48.5 Å². The molecule has 0 aliphatic carbocycles. The van der Waals surface area contributed by atoms with Crippen molar-refractivity contribution < 1.29 is 9.53 Å². The van der Waals surface area contributed by atoms with Gasteiger partial charge in [-0.05, 0) is 48.4 Å². The van der Waals surface area contributed by atoms with Crippen LogP contribution >= 0.6 is 0 Å². The van der Waals surface area contributed by atoms with Crippen LogP contribution in [0.1, 0.15) is 29.3 Å². The Morgan fingerprint density at radius 2 is 1.95 bits per heavy atom. The maximum Gasteiger partial charge on any atom is 0.255 e. The zero-order chi connectivity index (χ0) is 15.1.